The van der Waals surface area contributed by atoms with Gasteiger partial charge >= 0.3 is 0 Å². The zero-order valence-corrected chi connectivity index (χ0v) is 14.9. The summed E-state index contributed by atoms with van der Waals surface area (Å²) in [5.74, 6) is 3.97. The molecule has 2 rings (SSSR count). The molecule has 124 valence electrons. The van der Waals surface area contributed by atoms with Crippen LogP contribution in [0.25, 0.3) is 0 Å². The fraction of sp³-hybridized carbons (Fsp3) is 1.00. The van der Waals surface area contributed by atoms with Crippen LogP contribution < -0.4 is 5.32 Å². The molecule has 0 bridgehead atoms. The smallest absolute Gasteiger partial charge is 0.0126 e. The molecule has 0 spiro atoms. The van der Waals surface area contributed by atoms with E-state index in [4.69, 9.17) is 0 Å². The lowest BCUT2D eigenvalue weighted by molar-refractivity contribution is 0.108. The summed E-state index contributed by atoms with van der Waals surface area (Å²) >= 11 is 0. The van der Waals surface area contributed by atoms with Gasteiger partial charge in [0, 0.05) is 6.04 Å². The number of hydrogen-bond donors (Lipinski definition) is 1. The predicted molar refractivity (Wildman–Crippen MR) is 93.6 cm³/mol. The maximum atomic E-state index is 4.01. The first kappa shape index (κ1) is 17.3. The van der Waals surface area contributed by atoms with Crippen molar-refractivity contribution in [2.75, 3.05) is 6.54 Å². The van der Waals surface area contributed by atoms with Gasteiger partial charge in [0.2, 0.25) is 0 Å². The van der Waals surface area contributed by atoms with Crippen LogP contribution in [-0.4, -0.2) is 12.6 Å². The monoisotopic (exact) mass is 293 g/mol. The highest BCUT2D eigenvalue weighted by atomic mass is 14.9. The van der Waals surface area contributed by atoms with Gasteiger partial charge in [-0.1, -0.05) is 65.7 Å². The lowest BCUT2D eigenvalue weighted by atomic mass is 9.67. The van der Waals surface area contributed by atoms with Gasteiger partial charge in [-0.05, 0) is 55.9 Å². The molecule has 21 heavy (non-hydrogen) atoms. The zero-order valence-electron chi connectivity index (χ0n) is 14.9. The van der Waals surface area contributed by atoms with E-state index in [1.807, 2.05) is 0 Å². The molecular formula is C20H39N. The fourth-order valence-corrected chi connectivity index (χ4v) is 5.15. The average Bonchev–Trinajstić information content (AvgIpc) is 2.56. The molecule has 1 N–H and O–H groups in total. The van der Waals surface area contributed by atoms with Crippen molar-refractivity contribution < 1.29 is 0 Å². The summed E-state index contributed by atoms with van der Waals surface area (Å²) in [4.78, 5) is 0. The number of hydrogen-bond acceptors (Lipinski definition) is 1. The van der Waals surface area contributed by atoms with Gasteiger partial charge in [-0.2, -0.15) is 0 Å². The molecule has 2 aliphatic carbocycles. The van der Waals surface area contributed by atoms with Crippen molar-refractivity contribution in [1.29, 1.82) is 0 Å². The van der Waals surface area contributed by atoms with Gasteiger partial charge in [-0.15, -0.1) is 0 Å². The average molecular weight is 294 g/mol. The first-order valence-corrected chi connectivity index (χ1v) is 10.0. The molecule has 1 heteroatoms. The summed E-state index contributed by atoms with van der Waals surface area (Å²) < 4.78 is 0. The van der Waals surface area contributed by atoms with Crippen LogP contribution in [0.15, 0.2) is 0 Å². The highest BCUT2D eigenvalue weighted by molar-refractivity contribution is 4.90. The molecule has 0 aromatic heterocycles. The van der Waals surface area contributed by atoms with Crippen molar-refractivity contribution in [3.63, 3.8) is 0 Å². The Labute approximate surface area is 133 Å². The van der Waals surface area contributed by atoms with Gasteiger partial charge in [0.05, 0.1) is 0 Å². The molecule has 3 unspecified atom stereocenters. The highest BCUT2D eigenvalue weighted by Crippen LogP contribution is 2.41. The van der Waals surface area contributed by atoms with Crippen LogP contribution in [0.4, 0.5) is 0 Å². The first-order chi connectivity index (χ1) is 10.3. The van der Waals surface area contributed by atoms with Gasteiger partial charge in [0.15, 0.2) is 0 Å². The maximum Gasteiger partial charge on any atom is 0.0126 e. The van der Waals surface area contributed by atoms with Crippen LogP contribution in [0.5, 0.6) is 0 Å². The van der Waals surface area contributed by atoms with Gasteiger partial charge < -0.3 is 5.32 Å². The SMILES string of the molecule is CCCNC(C1CCC(CC)CC1)C1CCCCC1CC. The minimum atomic E-state index is 0.827. The van der Waals surface area contributed by atoms with E-state index >= 15 is 0 Å². The molecule has 2 fully saturated rings. The third-order valence-corrected chi connectivity index (χ3v) is 6.56. The Balaban J connectivity index is 1.99. The second-order valence-electron chi connectivity index (χ2n) is 7.79. The topological polar surface area (TPSA) is 12.0 Å². The van der Waals surface area contributed by atoms with E-state index in [-0.39, 0.29) is 0 Å². The van der Waals surface area contributed by atoms with E-state index in [2.05, 4.69) is 26.1 Å². The molecule has 0 aromatic rings. The Kier molecular flexibility index (Phi) is 7.57. The maximum absolute atomic E-state index is 4.01. The third kappa shape index (κ3) is 4.71. The number of rotatable bonds is 7. The Bertz CT molecular complexity index is 267. The van der Waals surface area contributed by atoms with Crippen LogP contribution in [0.1, 0.15) is 91.4 Å². The van der Waals surface area contributed by atoms with E-state index in [0.717, 1.165) is 29.7 Å². The van der Waals surface area contributed by atoms with Crippen molar-refractivity contribution >= 4 is 0 Å². The van der Waals surface area contributed by atoms with Crippen LogP contribution in [0.3, 0.4) is 0 Å². The first-order valence-electron chi connectivity index (χ1n) is 10.0. The zero-order chi connectivity index (χ0) is 15.1. The largest absolute Gasteiger partial charge is 0.313 e. The van der Waals surface area contributed by atoms with E-state index in [1.165, 1.54) is 77.2 Å². The van der Waals surface area contributed by atoms with Crippen LogP contribution in [0.2, 0.25) is 0 Å². The highest BCUT2D eigenvalue weighted by Gasteiger charge is 2.36. The third-order valence-electron chi connectivity index (χ3n) is 6.56. The molecule has 1 nitrogen and oxygen atoms in total. The Hall–Kier alpha value is -0.0400. The molecule has 3 atom stereocenters. The fourth-order valence-electron chi connectivity index (χ4n) is 5.15. The van der Waals surface area contributed by atoms with Crippen LogP contribution in [0, 0.1) is 23.7 Å². The summed E-state index contributed by atoms with van der Waals surface area (Å²) in [6, 6.07) is 0.827. The van der Waals surface area contributed by atoms with E-state index in [0.29, 0.717) is 0 Å². The number of nitrogens with one attached hydrogen (secondary N) is 1. The lowest BCUT2D eigenvalue weighted by Crippen LogP contribution is -2.47. The minimum absolute atomic E-state index is 0.827. The normalized spacial score (nSPS) is 35.6. The van der Waals surface area contributed by atoms with Crippen LogP contribution in [-0.2, 0) is 0 Å². The molecule has 0 amide bonds. The Morgan fingerprint density at radius 2 is 1.57 bits per heavy atom. The lowest BCUT2D eigenvalue weighted by Gasteiger charge is -2.43. The molecule has 0 heterocycles. The van der Waals surface area contributed by atoms with Gasteiger partial charge in [-0.3, -0.25) is 0 Å². The minimum Gasteiger partial charge on any atom is -0.313 e. The quantitative estimate of drug-likeness (QED) is 0.626. The second-order valence-corrected chi connectivity index (χ2v) is 7.79. The van der Waals surface area contributed by atoms with Gasteiger partial charge in [-0.25, -0.2) is 0 Å². The predicted octanol–water partition coefficient (Wildman–Crippen LogP) is 5.79. The molecule has 0 saturated heterocycles. The van der Waals surface area contributed by atoms with E-state index < -0.39 is 0 Å². The van der Waals surface area contributed by atoms with Crippen molar-refractivity contribution in [2.45, 2.75) is 97.4 Å². The Morgan fingerprint density at radius 1 is 0.857 bits per heavy atom. The summed E-state index contributed by atoms with van der Waals surface area (Å²) in [6.07, 6.45) is 16.0. The van der Waals surface area contributed by atoms with Crippen molar-refractivity contribution in [3.8, 4) is 0 Å². The molecule has 2 saturated carbocycles. The molecule has 2 aliphatic rings. The standard InChI is InChI=1S/C20H39N/c1-4-15-21-20(18-13-11-16(5-2)12-14-18)19-10-8-7-9-17(19)6-3/h16-21H,4-15H2,1-3H3. The van der Waals surface area contributed by atoms with E-state index in [9.17, 15) is 0 Å². The summed E-state index contributed by atoms with van der Waals surface area (Å²) in [7, 11) is 0. The van der Waals surface area contributed by atoms with E-state index in [1.54, 1.807) is 0 Å². The van der Waals surface area contributed by atoms with Gasteiger partial charge in [0.1, 0.15) is 0 Å². The van der Waals surface area contributed by atoms with Crippen molar-refractivity contribution in [2.24, 2.45) is 23.7 Å². The molecular weight excluding hydrogens is 254 g/mol. The molecule has 0 aliphatic heterocycles. The van der Waals surface area contributed by atoms with Crippen LogP contribution >= 0.6 is 0 Å². The van der Waals surface area contributed by atoms with Crippen molar-refractivity contribution in [1.82, 2.24) is 5.32 Å². The molecule has 0 aromatic carbocycles. The second kappa shape index (κ2) is 9.18. The Morgan fingerprint density at radius 3 is 2.19 bits per heavy atom. The summed E-state index contributed by atoms with van der Waals surface area (Å²) in [6.45, 7) is 8.35. The molecule has 0 radical (unpaired) electrons. The summed E-state index contributed by atoms with van der Waals surface area (Å²) in [5, 5.41) is 4.01. The van der Waals surface area contributed by atoms with Gasteiger partial charge in [0.25, 0.3) is 0 Å². The summed E-state index contributed by atoms with van der Waals surface area (Å²) in [5.41, 5.74) is 0. The van der Waals surface area contributed by atoms with Crippen molar-refractivity contribution in [3.05, 3.63) is 0 Å².